The fourth-order valence-corrected chi connectivity index (χ4v) is 2.33. The normalized spacial score (nSPS) is 13.0. The van der Waals surface area contributed by atoms with Crippen molar-refractivity contribution in [1.29, 1.82) is 0 Å². The van der Waals surface area contributed by atoms with Crippen molar-refractivity contribution < 1.29 is 30.7 Å². The molecule has 0 aromatic heterocycles. The molecule has 2 aromatic carbocycles. The number of rotatable bonds is 4. The van der Waals surface area contributed by atoms with Gasteiger partial charge in [0.15, 0.2) is 11.7 Å². The van der Waals surface area contributed by atoms with Gasteiger partial charge in [0.25, 0.3) is 0 Å². The molecule has 7 heteroatoms. The third kappa shape index (κ3) is 4.21. The molecular formula is C18H13F7. The summed E-state index contributed by atoms with van der Waals surface area (Å²) in [5, 5.41) is 0. The van der Waals surface area contributed by atoms with Gasteiger partial charge in [0, 0.05) is 11.1 Å². The van der Waals surface area contributed by atoms with Crippen LogP contribution in [0.15, 0.2) is 36.4 Å². The Balaban J connectivity index is 2.44. The van der Waals surface area contributed by atoms with Crippen LogP contribution in [0, 0.1) is 11.6 Å². The van der Waals surface area contributed by atoms with Gasteiger partial charge in [0.1, 0.15) is 17.2 Å². The second-order valence-electron chi connectivity index (χ2n) is 5.39. The van der Waals surface area contributed by atoms with Crippen molar-refractivity contribution in [1.82, 2.24) is 0 Å². The van der Waals surface area contributed by atoms with Gasteiger partial charge in [-0.3, -0.25) is 0 Å². The molecule has 0 unspecified atom stereocenters. The van der Waals surface area contributed by atoms with Gasteiger partial charge in [-0.25, -0.2) is 17.6 Å². The van der Waals surface area contributed by atoms with Gasteiger partial charge < -0.3 is 0 Å². The van der Waals surface area contributed by atoms with Gasteiger partial charge >= 0.3 is 6.18 Å². The topological polar surface area (TPSA) is 0 Å². The number of halogens is 7. The van der Waals surface area contributed by atoms with Gasteiger partial charge in [-0.2, -0.15) is 13.2 Å². The summed E-state index contributed by atoms with van der Waals surface area (Å²) in [6.45, 7) is 1.95. The highest BCUT2D eigenvalue weighted by molar-refractivity contribution is 5.83. The van der Waals surface area contributed by atoms with Gasteiger partial charge in [0.05, 0.1) is 0 Å². The molecule has 134 valence electrons. The van der Waals surface area contributed by atoms with Crippen LogP contribution in [0.25, 0.3) is 11.7 Å². The van der Waals surface area contributed by atoms with E-state index in [2.05, 4.69) is 0 Å². The van der Waals surface area contributed by atoms with E-state index in [-0.39, 0.29) is 17.7 Å². The summed E-state index contributed by atoms with van der Waals surface area (Å²) >= 11 is 0. The molecule has 0 nitrogen and oxygen atoms in total. The summed E-state index contributed by atoms with van der Waals surface area (Å²) in [5.74, 6) is -7.08. The highest BCUT2D eigenvalue weighted by Gasteiger charge is 2.38. The fourth-order valence-electron chi connectivity index (χ4n) is 2.33. The van der Waals surface area contributed by atoms with E-state index in [1.54, 1.807) is 12.1 Å². The molecular weight excluding hydrogens is 349 g/mol. The largest absolute Gasteiger partial charge is 0.422 e. The molecule has 0 fully saturated rings. The SMILES string of the molecule is CCCc1ccc(/C(F)=C(\F)c2cc(F)c(C(F)(F)F)c(F)c2)cc1. The summed E-state index contributed by atoms with van der Waals surface area (Å²) in [5.41, 5.74) is -2.38. The molecule has 0 saturated heterocycles. The summed E-state index contributed by atoms with van der Waals surface area (Å²) in [7, 11) is 0. The Bertz CT molecular complexity index is 763. The standard InChI is InChI=1S/C18H13F7/c1-2-3-10-4-6-11(7-5-10)16(21)17(22)12-8-13(19)15(14(20)9-12)18(23,24)25/h4-9H,2-3H2,1H3/b17-16+. The van der Waals surface area contributed by atoms with Crippen molar-refractivity contribution in [2.24, 2.45) is 0 Å². The molecule has 2 aromatic rings. The summed E-state index contributed by atoms with van der Waals surface area (Å²) in [4.78, 5) is 0. The number of hydrogen-bond acceptors (Lipinski definition) is 0. The van der Waals surface area contributed by atoms with Gasteiger partial charge in [-0.05, 0) is 24.1 Å². The third-order valence-electron chi connectivity index (χ3n) is 3.52. The molecule has 0 aliphatic rings. The van der Waals surface area contributed by atoms with Crippen LogP contribution in [0.5, 0.6) is 0 Å². The van der Waals surface area contributed by atoms with E-state index >= 15 is 0 Å². The monoisotopic (exact) mass is 362 g/mol. The van der Waals surface area contributed by atoms with Crippen molar-refractivity contribution in [3.8, 4) is 0 Å². The van der Waals surface area contributed by atoms with Gasteiger partial charge in [-0.1, -0.05) is 37.6 Å². The maximum atomic E-state index is 14.2. The lowest BCUT2D eigenvalue weighted by Crippen LogP contribution is -2.11. The average molecular weight is 362 g/mol. The molecule has 0 aliphatic carbocycles. The van der Waals surface area contributed by atoms with Crippen LogP contribution in [0.4, 0.5) is 30.7 Å². The molecule has 0 bridgehead atoms. The summed E-state index contributed by atoms with van der Waals surface area (Å²) < 4.78 is 92.8. The Morgan fingerprint density at radius 1 is 0.840 bits per heavy atom. The smallest absolute Gasteiger partial charge is 0.206 e. The van der Waals surface area contributed by atoms with Crippen molar-refractivity contribution in [2.75, 3.05) is 0 Å². The van der Waals surface area contributed by atoms with E-state index in [4.69, 9.17) is 0 Å². The zero-order valence-corrected chi connectivity index (χ0v) is 13.0. The second kappa shape index (κ2) is 7.29. The van der Waals surface area contributed by atoms with Crippen molar-refractivity contribution in [2.45, 2.75) is 25.9 Å². The third-order valence-corrected chi connectivity index (χ3v) is 3.52. The van der Waals surface area contributed by atoms with Crippen LogP contribution in [-0.4, -0.2) is 0 Å². The minimum absolute atomic E-state index is 0.117. The van der Waals surface area contributed by atoms with E-state index in [0.29, 0.717) is 0 Å². The van der Waals surface area contributed by atoms with Crippen LogP contribution in [0.1, 0.15) is 35.6 Å². The zero-order chi connectivity index (χ0) is 18.8. The minimum atomic E-state index is -5.28. The quantitative estimate of drug-likeness (QED) is 0.419. The Kier molecular flexibility index (Phi) is 5.55. The first-order valence-corrected chi connectivity index (χ1v) is 7.36. The Labute approximate surface area is 139 Å². The van der Waals surface area contributed by atoms with E-state index in [1.807, 2.05) is 6.92 Å². The lowest BCUT2D eigenvalue weighted by atomic mass is 10.0. The molecule has 0 aliphatic heterocycles. The Morgan fingerprint density at radius 2 is 1.32 bits per heavy atom. The lowest BCUT2D eigenvalue weighted by Gasteiger charge is -2.11. The number of benzene rings is 2. The number of alkyl halides is 3. The highest BCUT2D eigenvalue weighted by Crippen LogP contribution is 2.36. The predicted octanol–water partition coefficient (Wildman–Crippen LogP) is 6.70. The average Bonchev–Trinajstić information content (AvgIpc) is 2.52. The van der Waals surface area contributed by atoms with E-state index in [0.717, 1.165) is 18.4 Å². The fraction of sp³-hybridized carbons (Fsp3) is 0.222. The maximum absolute atomic E-state index is 14.2. The first kappa shape index (κ1) is 19.0. The van der Waals surface area contributed by atoms with Crippen LogP contribution in [0.3, 0.4) is 0 Å². The Hall–Kier alpha value is -2.31. The van der Waals surface area contributed by atoms with Crippen LogP contribution in [-0.2, 0) is 12.6 Å². The molecule has 0 heterocycles. The van der Waals surface area contributed by atoms with E-state index < -0.39 is 40.6 Å². The van der Waals surface area contributed by atoms with E-state index in [9.17, 15) is 30.7 Å². The zero-order valence-electron chi connectivity index (χ0n) is 13.0. The predicted molar refractivity (Wildman–Crippen MR) is 80.8 cm³/mol. The molecule has 0 N–H and O–H groups in total. The molecule has 0 spiro atoms. The molecule has 0 saturated carbocycles. The highest BCUT2D eigenvalue weighted by atomic mass is 19.4. The molecule has 2 rings (SSSR count). The first-order valence-electron chi connectivity index (χ1n) is 7.36. The number of aryl methyl sites for hydroxylation is 1. The molecule has 25 heavy (non-hydrogen) atoms. The van der Waals surface area contributed by atoms with Crippen molar-refractivity contribution in [3.63, 3.8) is 0 Å². The van der Waals surface area contributed by atoms with Gasteiger partial charge in [-0.15, -0.1) is 0 Å². The second-order valence-corrected chi connectivity index (χ2v) is 5.39. The summed E-state index contributed by atoms with van der Waals surface area (Å²) in [6, 6.07) is 5.95. The molecule has 0 amide bonds. The van der Waals surface area contributed by atoms with Crippen LogP contribution < -0.4 is 0 Å². The van der Waals surface area contributed by atoms with Crippen molar-refractivity contribution in [3.05, 3.63) is 70.3 Å². The van der Waals surface area contributed by atoms with Crippen LogP contribution in [0.2, 0.25) is 0 Å². The minimum Gasteiger partial charge on any atom is -0.206 e. The number of hydrogen-bond donors (Lipinski definition) is 0. The lowest BCUT2D eigenvalue weighted by molar-refractivity contribution is -0.142. The molecule has 0 radical (unpaired) electrons. The maximum Gasteiger partial charge on any atom is 0.422 e. The first-order chi connectivity index (χ1) is 11.6. The van der Waals surface area contributed by atoms with Gasteiger partial charge in [0.2, 0.25) is 0 Å². The van der Waals surface area contributed by atoms with Crippen LogP contribution >= 0.6 is 0 Å². The van der Waals surface area contributed by atoms with Crippen molar-refractivity contribution >= 4 is 11.7 Å². The van der Waals surface area contributed by atoms with E-state index in [1.165, 1.54) is 12.1 Å². The molecule has 0 atom stereocenters. The summed E-state index contributed by atoms with van der Waals surface area (Å²) in [6.07, 6.45) is -3.68. The Morgan fingerprint density at radius 3 is 1.76 bits per heavy atom.